The van der Waals surface area contributed by atoms with E-state index in [9.17, 15) is 14.9 Å². The van der Waals surface area contributed by atoms with Crippen LogP contribution in [-0.2, 0) is 0 Å². The minimum atomic E-state index is -0.380. The van der Waals surface area contributed by atoms with E-state index in [4.69, 9.17) is 0 Å². The van der Waals surface area contributed by atoms with Crippen molar-refractivity contribution in [2.75, 3.05) is 57.3 Å². The Kier molecular flexibility index (Phi) is 9.13. The van der Waals surface area contributed by atoms with Gasteiger partial charge in [-0.15, -0.1) is 12.4 Å². The van der Waals surface area contributed by atoms with Crippen LogP contribution >= 0.6 is 12.4 Å². The molecule has 1 amide bonds. The van der Waals surface area contributed by atoms with Gasteiger partial charge in [0, 0.05) is 57.4 Å². The quantitative estimate of drug-likeness (QED) is 0.395. The highest BCUT2D eigenvalue weighted by molar-refractivity contribution is 5.95. The SMILES string of the molecule is CC1CCN(c2ccc(C(=O)NCCCN3CCNCC3)cc2[N+](=O)[O-])CC1.Cl. The average Bonchev–Trinajstić information content (AvgIpc) is 2.72. The molecule has 2 aliphatic heterocycles. The van der Waals surface area contributed by atoms with Gasteiger partial charge in [-0.1, -0.05) is 6.92 Å². The van der Waals surface area contributed by atoms with Crippen LogP contribution in [0.1, 0.15) is 36.5 Å². The number of rotatable bonds is 7. The molecule has 0 radical (unpaired) electrons. The molecule has 29 heavy (non-hydrogen) atoms. The van der Waals surface area contributed by atoms with Gasteiger partial charge in [0.15, 0.2) is 0 Å². The standard InChI is InChI=1S/C20H31N5O3.ClH/c1-16-5-11-24(12-6-16)18-4-3-17(15-19(18)25(27)28)20(26)22-7-2-10-23-13-8-21-9-14-23;/h3-4,15-16,21H,2,5-14H2,1H3,(H,22,26);1H. The second-order valence-electron chi connectivity index (χ2n) is 7.83. The van der Waals surface area contributed by atoms with Gasteiger partial charge >= 0.3 is 0 Å². The topological polar surface area (TPSA) is 90.8 Å². The first-order valence-corrected chi connectivity index (χ1v) is 10.3. The summed E-state index contributed by atoms with van der Waals surface area (Å²) >= 11 is 0. The predicted octanol–water partition coefficient (Wildman–Crippen LogP) is 2.28. The Balaban J connectivity index is 0.00000300. The zero-order valence-corrected chi connectivity index (χ0v) is 17.9. The van der Waals surface area contributed by atoms with Crippen LogP contribution in [0.3, 0.4) is 0 Å². The smallest absolute Gasteiger partial charge is 0.293 e. The first kappa shape index (κ1) is 23.4. The molecule has 9 heteroatoms. The summed E-state index contributed by atoms with van der Waals surface area (Å²) in [4.78, 5) is 28.1. The molecule has 2 aliphatic rings. The van der Waals surface area contributed by atoms with Gasteiger partial charge in [0.1, 0.15) is 5.69 Å². The lowest BCUT2D eigenvalue weighted by atomic mass is 9.98. The fourth-order valence-corrected chi connectivity index (χ4v) is 3.87. The Morgan fingerprint density at radius 2 is 1.93 bits per heavy atom. The minimum Gasteiger partial charge on any atom is -0.366 e. The third-order valence-electron chi connectivity index (χ3n) is 5.70. The van der Waals surface area contributed by atoms with Crippen LogP contribution in [0.2, 0.25) is 0 Å². The van der Waals surface area contributed by atoms with Crippen molar-refractivity contribution in [1.29, 1.82) is 0 Å². The molecule has 0 saturated carbocycles. The molecule has 8 nitrogen and oxygen atoms in total. The molecule has 0 spiro atoms. The molecule has 1 aromatic rings. The highest BCUT2D eigenvalue weighted by Crippen LogP contribution is 2.32. The van der Waals surface area contributed by atoms with Crippen molar-refractivity contribution in [3.63, 3.8) is 0 Å². The summed E-state index contributed by atoms with van der Waals surface area (Å²) < 4.78 is 0. The fraction of sp³-hybridized carbons (Fsp3) is 0.650. The van der Waals surface area contributed by atoms with Gasteiger partial charge in [0.05, 0.1) is 4.92 Å². The number of nitro benzene ring substituents is 1. The van der Waals surface area contributed by atoms with Gasteiger partial charge in [0.25, 0.3) is 11.6 Å². The maximum absolute atomic E-state index is 12.4. The molecule has 2 saturated heterocycles. The number of amides is 1. The number of carbonyl (C=O) groups is 1. The highest BCUT2D eigenvalue weighted by Gasteiger charge is 2.24. The van der Waals surface area contributed by atoms with Crippen LogP contribution in [0.15, 0.2) is 18.2 Å². The maximum atomic E-state index is 12.4. The van der Waals surface area contributed by atoms with Crippen molar-refractivity contribution in [2.45, 2.75) is 26.2 Å². The summed E-state index contributed by atoms with van der Waals surface area (Å²) in [7, 11) is 0. The molecular weight excluding hydrogens is 394 g/mol. The predicted molar refractivity (Wildman–Crippen MR) is 117 cm³/mol. The molecule has 0 atom stereocenters. The molecule has 0 aromatic heterocycles. The summed E-state index contributed by atoms with van der Waals surface area (Å²) in [6.45, 7) is 9.47. The molecule has 0 unspecified atom stereocenters. The highest BCUT2D eigenvalue weighted by atomic mass is 35.5. The van der Waals surface area contributed by atoms with E-state index in [0.29, 0.717) is 23.7 Å². The molecule has 162 valence electrons. The third-order valence-corrected chi connectivity index (χ3v) is 5.70. The Morgan fingerprint density at radius 1 is 1.24 bits per heavy atom. The molecular formula is C20H32ClN5O3. The van der Waals surface area contributed by atoms with E-state index in [-0.39, 0.29) is 28.9 Å². The molecule has 2 N–H and O–H groups in total. The lowest BCUT2D eigenvalue weighted by Gasteiger charge is -2.31. The van der Waals surface area contributed by atoms with Crippen molar-refractivity contribution < 1.29 is 9.72 Å². The zero-order valence-electron chi connectivity index (χ0n) is 17.1. The number of piperazine rings is 1. The second kappa shape index (κ2) is 11.3. The second-order valence-corrected chi connectivity index (χ2v) is 7.83. The summed E-state index contributed by atoms with van der Waals surface area (Å²) in [6, 6.07) is 4.84. The van der Waals surface area contributed by atoms with Gasteiger partial charge in [-0.2, -0.15) is 0 Å². The summed E-state index contributed by atoms with van der Waals surface area (Å²) in [5.74, 6) is 0.406. The first-order valence-electron chi connectivity index (χ1n) is 10.3. The number of hydrogen-bond donors (Lipinski definition) is 2. The molecule has 2 heterocycles. The maximum Gasteiger partial charge on any atom is 0.293 e. The average molecular weight is 426 g/mol. The van der Waals surface area contributed by atoms with E-state index in [1.807, 2.05) is 0 Å². The van der Waals surface area contributed by atoms with Gasteiger partial charge in [-0.25, -0.2) is 0 Å². The summed E-state index contributed by atoms with van der Waals surface area (Å²) in [6.07, 6.45) is 2.94. The summed E-state index contributed by atoms with van der Waals surface area (Å²) in [5, 5.41) is 17.8. The van der Waals surface area contributed by atoms with Gasteiger partial charge < -0.3 is 20.4 Å². The van der Waals surface area contributed by atoms with Crippen LogP contribution in [0.25, 0.3) is 0 Å². The Hall–Kier alpha value is -1.90. The lowest BCUT2D eigenvalue weighted by molar-refractivity contribution is -0.384. The van der Waals surface area contributed by atoms with Crippen LogP contribution in [0.4, 0.5) is 11.4 Å². The van der Waals surface area contributed by atoms with Crippen LogP contribution in [0.5, 0.6) is 0 Å². The van der Waals surface area contributed by atoms with Crippen LogP contribution < -0.4 is 15.5 Å². The van der Waals surface area contributed by atoms with Crippen molar-refractivity contribution in [3.05, 3.63) is 33.9 Å². The van der Waals surface area contributed by atoms with E-state index in [0.717, 1.165) is 65.1 Å². The molecule has 0 bridgehead atoms. The molecule has 2 fully saturated rings. The number of nitrogens with zero attached hydrogens (tertiary/aromatic N) is 3. The van der Waals surface area contributed by atoms with Crippen molar-refractivity contribution in [3.8, 4) is 0 Å². The number of anilines is 1. The number of benzene rings is 1. The largest absolute Gasteiger partial charge is 0.366 e. The number of piperidine rings is 1. The fourth-order valence-electron chi connectivity index (χ4n) is 3.87. The van der Waals surface area contributed by atoms with E-state index >= 15 is 0 Å². The number of nitrogens with one attached hydrogen (secondary N) is 2. The van der Waals surface area contributed by atoms with E-state index in [2.05, 4.69) is 27.4 Å². The Morgan fingerprint density at radius 3 is 2.59 bits per heavy atom. The molecule has 3 rings (SSSR count). The monoisotopic (exact) mass is 425 g/mol. The Labute approximate surface area is 178 Å². The van der Waals surface area contributed by atoms with Gasteiger partial charge in [-0.05, 0) is 43.9 Å². The minimum absolute atomic E-state index is 0. The molecule has 1 aromatic carbocycles. The number of carbonyl (C=O) groups excluding carboxylic acids is 1. The third kappa shape index (κ3) is 6.55. The molecule has 0 aliphatic carbocycles. The van der Waals surface area contributed by atoms with Crippen LogP contribution in [-0.4, -0.2) is 68.1 Å². The summed E-state index contributed by atoms with van der Waals surface area (Å²) in [5.41, 5.74) is 0.984. The van der Waals surface area contributed by atoms with E-state index in [1.165, 1.54) is 6.07 Å². The van der Waals surface area contributed by atoms with E-state index in [1.54, 1.807) is 12.1 Å². The van der Waals surface area contributed by atoms with E-state index < -0.39 is 0 Å². The zero-order chi connectivity index (χ0) is 19.9. The van der Waals surface area contributed by atoms with Crippen molar-refractivity contribution in [1.82, 2.24) is 15.5 Å². The normalized spacial score (nSPS) is 18.2. The van der Waals surface area contributed by atoms with Crippen molar-refractivity contribution in [2.24, 2.45) is 5.92 Å². The van der Waals surface area contributed by atoms with Crippen LogP contribution in [0, 0.1) is 16.0 Å². The lowest BCUT2D eigenvalue weighted by Crippen LogP contribution is -2.44. The first-order chi connectivity index (χ1) is 13.5. The number of nitro groups is 1. The Bertz CT molecular complexity index is 689. The van der Waals surface area contributed by atoms with Crippen molar-refractivity contribution >= 4 is 29.7 Å². The van der Waals surface area contributed by atoms with Gasteiger partial charge in [0.2, 0.25) is 0 Å². The van der Waals surface area contributed by atoms with Gasteiger partial charge in [-0.3, -0.25) is 14.9 Å². The number of hydrogen-bond acceptors (Lipinski definition) is 6. The number of halogens is 1.